The summed E-state index contributed by atoms with van der Waals surface area (Å²) in [7, 11) is 0. The summed E-state index contributed by atoms with van der Waals surface area (Å²) in [6.45, 7) is 0. The van der Waals surface area contributed by atoms with Crippen LogP contribution in [0.2, 0.25) is 5.02 Å². The zero-order valence-corrected chi connectivity index (χ0v) is 6.06. The molecule has 0 spiro atoms. The van der Waals surface area contributed by atoms with Crippen LogP contribution in [-0.4, -0.2) is 5.11 Å². The number of phenolic OH excluding ortho intramolecular Hbond substituents is 1. The Labute approximate surface area is 67.5 Å². The molecule has 1 aromatic carbocycles. The van der Waals surface area contributed by atoms with Gasteiger partial charge in [-0.05, 0) is 12.1 Å². The smallest absolute Gasteiger partial charge is 0.170 e. The number of nitrogens with zero attached hydrogens (tertiary/aromatic N) is 1. The predicted octanol–water partition coefficient (Wildman–Crippen LogP) is 2.06. The van der Waals surface area contributed by atoms with Crippen LogP contribution in [-0.2, 0) is 0 Å². The molecule has 11 heavy (non-hydrogen) atoms. The van der Waals surface area contributed by atoms with Gasteiger partial charge in [0.15, 0.2) is 11.6 Å². The van der Waals surface area contributed by atoms with E-state index in [0.717, 1.165) is 6.07 Å². The second-order valence-corrected chi connectivity index (χ2v) is 2.27. The van der Waals surface area contributed by atoms with Gasteiger partial charge in [0.25, 0.3) is 0 Å². The third-order valence-corrected chi connectivity index (χ3v) is 1.50. The van der Waals surface area contributed by atoms with E-state index in [0.29, 0.717) is 0 Å². The number of hydrogen-bond donors (Lipinski definition) is 1. The lowest BCUT2D eigenvalue weighted by atomic mass is 10.2. The van der Waals surface area contributed by atoms with Crippen molar-refractivity contribution >= 4 is 11.6 Å². The fourth-order valence-electron chi connectivity index (χ4n) is 0.647. The number of benzene rings is 1. The van der Waals surface area contributed by atoms with E-state index in [9.17, 15) is 4.39 Å². The van der Waals surface area contributed by atoms with E-state index < -0.39 is 11.6 Å². The monoisotopic (exact) mass is 171 g/mol. The summed E-state index contributed by atoms with van der Waals surface area (Å²) in [5.41, 5.74) is -0.230. The van der Waals surface area contributed by atoms with Crippen molar-refractivity contribution in [3.05, 3.63) is 28.5 Å². The quantitative estimate of drug-likeness (QED) is 0.649. The Kier molecular flexibility index (Phi) is 1.97. The number of phenols is 1. The minimum atomic E-state index is -0.842. The van der Waals surface area contributed by atoms with Gasteiger partial charge in [-0.25, -0.2) is 4.39 Å². The molecule has 4 heteroatoms. The molecule has 56 valence electrons. The Bertz CT molecular complexity index is 332. The zero-order chi connectivity index (χ0) is 8.43. The maximum Gasteiger partial charge on any atom is 0.170 e. The second kappa shape index (κ2) is 2.77. The Morgan fingerprint density at radius 2 is 2.18 bits per heavy atom. The molecule has 0 aromatic heterocycles. The molecule has 1 rings (SSSR count). The molecule has 0 saturated carbocycles. The van der Waals surface area contributed by atoms with Crippen molar-refractivity contribution in [3.8, 4) is 11.8 Å². The summed E-state index contributed by atoms with van der Waals surface area (Å²) < 4.78 is 12.5. The van der Waals surface area contributed by atoms with Gasteiger partial charge in [-0.15, -0.1) is 0 Å². The zero-order valence-electron chi connectivity index (χ0n) is 5.31. The maximum atomic E-state index is 12.5. The average Bonchev–Trinajstić information content (AvgIpc) is 1.99. The SMILES string of the molecule is N#Cc1c(Cl)ccc(F)c1O. The highest BCUT2D eigenvalue weighted by atomic mass is 35.5. The molecule has 0 atom stereocenters. The van der Waals surface area contributed by atoms with Gasteiger partial charge in [0.1, 0.15) is 11.6 Å². The summed E-state index contributed by atoms with van der Waals surface area (Å²) in [6, 6.07) is 3.80. The third-order valence-electron chi connectivity index (χ3n) is 1.19. The van der Waals surface area contributed by atoms with Crippen molar-refractivity contribution < 1.29 is 9.50 Å². The Morgan fingerprint density at radius 3 is 2.64 bits per heavy atom. The number of rotatable bonds is 0. The Balaban J connectivity index is 3.44. The van der Waals surface area contributed by atoms with Crippen LogP contribution in [0.15, 0.2) is 12.1 Å². The molecule has 2 nitrogen and oxygen atoms in total. The highest BCUT2D eigenvalue weighted by Gasteiger charge is 2.09. The molecule has 0 saturated heterocycles. The van der Waals surface area contributed by atoms with Gasteiger partial charge in [0, 0.05) is 0 Å². The summed E-state index contributed by atoms with van der Waals surface area (Å²) in [5.74, 6) is -1.54. The first-order valence-corrected chi connectivity index (χ1v) is 3.11. The maximum absolute atomic E-state index is 12.5. The van der Waals surface area contributed by atoms with Gasteiger partial charge in [0.05, 0.1) is 5.02 Å². The van der Waals surface area contributed by atoms with Crippen molar-refractivity contribution in [2.45, 2.75) is 0 Å². The van der Waals surface area contributed by atoms with E-state index in [4.69, 9.17) is 22.0 Å². The molecule has 0 heterocycles. The van der Waals surface area contributed by atoms with Gasteiger partial charge < -0.3 is 5.11 Å². The molecular weight excluding hydrogens is 169 g/mol. The summed E-state index contributed by atoms with van der Waals surface area (Å²) in [6.07, 6.45) is 0. The first kappa shape index (κ1) is 7.83. The Morgan fingerprint density at radius 1 is 1.55 bits per heavy atom. The van der Waals surface area contributed by atoms with Crippen molar-refractivity contribution in [3.63, 3.8) is 0 Å². The third kappa shape index (κ3) is 1.26. The van der Waals surface area contributed by atoms with E-state index in [1.165, 1.54) is 6.07 Å². The molecule has 1 aromatic rings. The molecule has 0 aliphatic rings. The van der Waals surface area contributed by atoms with Crippen molar-refractivity contribution in [1.29, 1.82) is 5.26 Å². The van der Waals surface area contributed by atoms with E-state index in [-0.39, 0.29) is 10.6 Å². The fourth-order valence-corrected chi connectivity index (χ4v) is 0.842. The van der Waals surface area contributed by atoms with E-state index in [2.05, 4.69) is 0 Å². The molecule has 0 amide bonds. The standard InChI is InChI=1S/C7H3ClFNO/c8-5-1-2-6(9)7(11)4(5)3-10/h1-2,11H. The van der Waals surface area contributed by atoms with Crippen LogP contribution in [0.1, 0.15) is 5.56 Å². The molecule has 1 N–H and O–H groups in total. The first-order valence-electron chi connectivity index (χ1n) is 2.74. The summed E-state index contributed by atoms with van der Waals surface area (Å²) in [4.78, 5) is 0. The van der Waals surface area contributed by atoms with Crippen LogP contribution >= 0.6 is 11.6 Å². The van der Waals surface area contributed by atoms with Crippen LogP contribution in [0, 0.1) is 17.1 Å². The van der Waals surface area contributed by atoms with Gasteiger partial charge >= 0.3 is 0 Å². The number of hydrogen-bond acceptors (Lipinski definition) is 2. The van der Waals surface area contributed by atoms with E-state index >= 15 is 0 Å². The second-order valence-electron chi connectivity index (χ2n) is 1.86. The fraction of sp³-hybridized carbons (Fsp3) is 0. The number of nitriles is 1. The minimum Gasteiger partial charge on any atom is -0.504 e. The van der Waals surface area contributed by atoms with Gasteiger partial charge in [-0.1, -0.05) is 11.6 Å². The number of halogens is 2. The topological polar surface area (TPSA) is 44.0 Å². The predicted molar refractivity (Wildman–Crippen MR) is 37.8 cm³/mol. The lowest BCUT2D eigenvalue weighted by Crippen LogP contribution is -1.82. The van der Waals surface area contributed by atoms with Gasteiger partial charge in [0.2, 0.25) is 0 Å². The summed E-state index contributed by atoms with van der Waals surface area (Å²) >= 11 is 5.45. The highest BCUT2D eigenvalue weighted by molar-refractivity contribution is 6.31. The van der Waals surface area contributed by atoms with Gasteiger partial charge in [-0.3, -0.25) is 0 Å². The van der Waals surface area contributed by atoms with E-state index in [1.807, 2.05) is 0 Å². The molecule has 0 aliphatic heterocycles. The summed E-state index contributed by atoms with van der Waals surface area (Å²) in [5, 5.41) is 17.3. The normalized spacial score (nSPS) is 9.18. The number of aromatic hydroxyl groups is 1. The minimum absolute atomic E-state index is 0.0476. The lowest BCUT2D eigenvalue weighted by molar-refractivity contribution is 0.431. The van der Waals surface area contributed by atoms with Crippen LogP contribution in [0.4, 0.5) is 4.39 Å². The van der Waals surface area contributed by atoms with Crippen LogP contribution in [0.3, 0.4) is 0 Å². The van der Waals surface area contributed by atoms with Crippen LogP contribution in [0.5, 0.6) is 5.75 Å². The lowest BCUT2D eigenvalue weighted by Gasteiger charge is -1.98. The largest absolute Gasteiger partial charge is 0.504 e. The van der Waals surface area contributed by atoms with Crippen LogP contribution < -0.4 is 0 Å². The Hall–Kier alpha value is -1.27. The van der Waals surface area contributed by atoms with Gasteiger partial charge in [-0.2, -0.15) is 5.26 Å². The molecule has 0 fully saturated rings. The molecule has 0 aliphatic carbocycles. The van der Waals surface area contributed by atoms with Crippen molar-refractivity contribution in [2.75, 3.05) is 0 Å². The van der Waals surface area contributed by atoms with E-state index in [1.54, 1.807) is 6.07 Å². The molecule has 0 bridgehead atoms. The highest BCUT2D eigenvalue weighted by Crippen LogP contribution is 2.26. The average molecular weight is 172 g/mol. The molecular formula is C7H3ClFNO. The van der Waals surface area contributed by atoms with Crippen LogP contribution in [0.25, 0.3) is 0 Å². The first-order chi connectivity index (χ1) is 5.16. The van der Waals surface area contributed by atoms with Crippen molar-refractivity contribution in [2.24, 2.45) is 0 Å². The molecule has 0 unspecified atom stereocenters. The van der Waals surface area contributed by atoms with Crippen molar-refractivity contribution in [1.82, 2.24) is 0 Å². The molecule has 0 radical (unpaired) electrons.